The van der Waals surface area contributed by atoms with Crippen molar-refractivity contribution in [2.75, 3.05) is 7.11 Å². The molecule has 5 heteroatoms. The van der Waals surface area contributed by atoms with Crippen molar-refractivity contribution in [3.8, 4) is 5.75 Å². The Bertz CT molecular complexity index is 480. The zero-order valence-electron chi connectivity index (χ0n) is 9.68. The molecule has 1 heterocycles. The third-order valence-corrected chi connectivity index (χ3v) is 2.55. The van der Waals surface area contributed by atoms with Gasteiger partial charge in [-0.25, -0.2) is 0 Å². The zero-order chi connectivity index (χ0) is 12.3. The molecule has 0 aliphatic heterocycles. The molecule has 17 heavy (non-hydrogen) atoms. The number of methoxy groups -OCH3 is 1. The van der Waals surface area contributed by atoms with Crippen LogP contribution in [-0.2, 0) is 6.42 Å². The van der Waals surface area contributed by atoms with E-state index in [2.05, 4.69) is 10.1 Å². The molecule has 0 N–H and O–H groups in total. The summed E-state index contributed by atoms with van der Waals surface area (Å²) in [4.78, 5) is 4.21. The number of nitrogens with zero attached hydrogens (tertiary/aromatic N) is 2. The van der Waals surface area contributed by atoms with Gasteiger partial charge in [-0.2, -0.15) is 4.98 Å². The van der Waals surface area contributed by atoms with Crippen LogP contribution in [0.4, 0.5) is 0 Å². The lowest BCUT2D eigenvalue weighted by atomic mass is 10.1. The van der Waals surface area contributed by atoms with Crippen molar-refractivity contribution in [1.82, 2.24) is 10.1 Å². The standard InChI is InChI=1S/C12H13ClN2O2/c1-8(13)12-14-11(17-15-12)7-9-3-5-10(16-2)6-4-9/h3-6,8H,7H2,1-2H3. The van der Waals surface area contributed by atoms with Crippen LogP contribution in [0.1, 0.15) is 29.6 Å². The normalized spacial score (nSPS) is 12.4. The summed E-state index contributed by atoms with van der Waals surface area (Å²) in [6.45, 7) is 1.81. The van der Waals surface area contributed by atoms with Crippen LogP contribution in [0.5, 0.6) is 5.75 Å². The van der Waals surface area contributed by atoms with Crippen molar-refractivity contribution in [3.05, 3.63) is 41.5 Å². The number of rotatable bonds is 4. The van der Waals surface area contributed by atoms with E-state index in [1.54, 1.807) is 7.11 Å². The molecule has 0 fully saturated rings. The van der Waals surface area contributed by atoms with Gasteiger partial charge in [0.15, 0.2) is 5.82 Å². The molecule has 0 aliphatic rings. The van der Waals surface area contributed by atoms with E-state index in [0.717, 1.165) is 11.3 Å². The maximum atomic E-state index is 5.86. The average molecular weight is 253 g/mol. The molecule has 0 saturated heterocycles. The predicted molar refractivity (Wildman–Crippen MR) is 64.4 cm³/mol. The van der Waals surface area contributed by atoms with Crippen LogP contribution in [0.2, 0.25) is 0 Å². The van der Waals surface area contributed by atoms with Gasteiger partial charge in [0.25, 0.3) is 0 Å². The Labute approximate surface area is 105 Å². The fourth-order valence-corrected chi connectivity index (χ4v) is 1.51. The number of alkyl halides is 1. The third-order valence-electron chi connectivity index (χ3n) is 2.35. The second-order valence-corrected chi connectivity index (χ2v) is 4.34. The van der Waals surface area contributed by atoms with Crippen LogP contribution in [0.3, 0.4) is 0 Å². The van der Waals surface area contributed by atoms with Crippen molar-refractivity contribution >= 4 is 11.6 Å². The minimum absolute atomic E-state index is 0.233. The molecule has 0 spiro atoms. The second-order valence-electron chi connectivity index (χ2n) is 3.69. The molecule has 0 saturated carbocycles. The number of aromatic nitrogens is 2. The number of ether oxygens (including phenoxy) is 1. The van der Waals surface area contributed by atoms with Crippen molar-refractivity contribution in [2.45, 2.75) is 18.7 Å². The summed E-state index contributed by atoms with van der Waals surface area (Å²) in [5.41, 5.74) is 1.09. The smallest absolute Gasteiger partial charge is 0.231 e. The lowest BCUT2D eigenvalue weighted by molar-refractivity contribution is 0.379. The summed E-state index contributed by atoms with van der Waals surface area (Å²) in [5.74, 6) is 1.92. The number of hydrogen-bond donors (Lipinski definition) is 0. The molecule has 1 aromatic heterocycles. The molecule has 2 aromatic rings. The number of benzene rings is 1. The average Bonchev–Trinajstić information content (AvgIpc) is 2.79. The third kappa shape index (κ3) is 2.97. The van der Waals surface area contributed by atoms with Gasteiger partial charge in [0.2, 0.25) is 5.89 Å². The molecule has 4 nitrogen and oxygen atoms in total. The van der Waals surface area contributed by atoms with Crippen LogP contribution < -0.4 is 4.74 Å². The van der Waals surface area contributed by atoms with Gasteiger partial charge in [0.1, 0.15) is 5.75 Å². The van der Waals surface area contributed by atoms with E-state index >= 15 is 0 Å². The van der Waals surface area contributed by atoms with Gasteiger partial charge >= 0.3 is 0 Å². The summed E-state index contributed by atoms with van der Waals surface area (Å²) in [6, 6.07) is 7.73. The topological polar surface area (TPSA) is 48.2 Å². The zero-order valence-corrected chi connectivity index (χ0v) is 10.4. The Morgan fingerprint density at radius 1 is 1.35 bits per heavy atom. The van der Waals surface area contributed by atoms with E-state index < -0.39 is 0 Å². The lowest BCUT2D eigenvalue weighted by Gasteiger charge is -2.00. The summed E-state index contributed by atoms with van der Waals surface area (Å²) in [5, 5.41) is 3.57. The first-order valence-electron chi connectivity index (χ1n) is 5.28. The van der Waals surface area contributed by atoms with Gasteiger partial charge in [-0.3, -0.25) is 0 Å². The number of halogens is 1. The Hall–Kier alpha value is -1.55. The van der Waals surface area contributed by atoms with E-state index in [1.165, 1.54) is 0 Å². The fourth-order valence-electron chi connectivity index (χ4n) is 1.42. The maximum Gasteiger partial charge on any atom is 0.231 e. The highest BCUT2D eigenvalue weighted by Gasteiger charge is 2.11. The first kappa shape index (κ1) is 11.9. The Balaban J connectivity index is 2.08. The van der Waals surface area contributed by atoms with Crippen LogP contribution in [0.25, 0.3) is 0 Å². The monoisotopic (exact) mass is 252 g/mol. The van der Waals surface area contributed by atoms with E-state index in [9.17, 15) is 0 Å². The molecule has 90 valence electrons. The van der Waals surface area contributed by atoms with Gasteiger partial charge in [-0.15, -0.1) is 11.6 Å². The largest absolute Gasteiger partial charge is 0.497 e. The summed E-state index contributed by atoms with van der Waals surface area (Å²) in [7, 11) is 1.64. The first-order chi connectivity index (χ1) is 8.19. The molecular formula is C12H13ClN2O2. The van der Waals surface area contributed by atoms with Crippen molar-refractivity contribution < 1.29 is 9.26 Å². The van der Waals surface area contributed by atoms with Crippen molar-refractivity contribution in [3.63, 3.8) is 0 Å². The van der Waals surface area contributed by atoms with Gasteiger partial charge in [-0.05, 0) is 24.6 Å². The summed E-state index contributed by atoms with van der Waals surface area (Å²) in [6.07, 6.45) is 0.598. The van der Waals surface area contributed by atoms with E-state index in [-0.39, 0.29) is 5.38 Å². The Morgan fingerprint density at radius 3 is 2.59 bits per heavy atom. The highest BCUT2D eigenvalue weighted by molar-refractivity contribution is 6.20. The Morgan fingerprint density at radius 2 is 2.06 bits per heavy atom. The van der Waals surface area contributed by atoms with E-state index in [1.807, 2.05) is 31.2 Å². The second kappa shape index (κ2) is 5.19. The van der Waals surface area contributed by atoms with E-state index in [0.29, 0.717) is 18.1 Å². The van der Waals surface area contributed by atoms with Crippen LogP contribution in [0.15, 0.2) is 28.8 Å². The molecule has 2 rings (SSSR count). The minimum Gasteiger partial charge on any atom is -0.497 e. The molecule has 0 radical (unpaired) electrons. The molecule has 1 unspecified atom stereocenters. The molecule has 1 atom stereocenters. The molecule has 0 bridgehead atoms. The van der Waals surface area contributed by atoms with Crippen molar-refractivity contribution in [1.29, 1.82) is 0 Å². The van der Waals surface area contributed by atoms with Crippen molar-refractivity contribution in [2.24, 2.45) is 0 Å². The van der Waals surface area contributed by atoms with Crippen LogP contribution in [-0.4, -0.2) is 17.3 Å². The SMILES string of the molecule is COc1ccc(Cc2nc(C(C)Cl)no2)cc1. The van der Waals surface area contributed by atoms with E-state index in [4.69, 9.17) is 20.9 Å². The predicted octanol–water partition coefficient (Wildman–Crippen LogP) is 2.97. The van der Waals surface area contributed by atoms with Gasteiger partial charge in [0.05, 0.1) is 18.9 Å². The Kier molecular flexibility index (Phi) is 3.64. The molecule has 0 amide bonds. The molecular weight excluding hydrogens is 240 g/mol. The quantitative estimate of drug-likeness (QED) is 0.785. The maximum absolute atomic E-state index is 5.86. The lowest BCUT2D eigenvalue weighted by Crippen LogP contribution is -1.91. The highest BCUT2D eigenvalue weighted by atomic mass is 35.5. The van der Waals surface area contributed by atoms with Crippen LogP contribution in [0, 0.1) is 0 Å². The fraction of sp³-hybridized carbons (Fsp3) is 0.333. The first-order valence-corrected chi connectivity index (χ1v) is 5.72. The molecule has 1 aromatic carbocycles. The van der Waals surface area contributed by atoms with Gasteiger partial charge in [-0.1, -0.05) is 17.3 Å². The summed E-state index contributed by atoms with van der Waals surface area (Å²) < 4.78 is 10.2. The van der Waals surface area contributed by atoms with Crippen LogP contribution >= 0.6 is 11.6 Å². The highest BCUT2D eigenvalue weighted by Crippen LogP contribution is 2.18. The molecule has 0 aliphatic carbocycles. The summed E-state index contributed by atoms with van der Waals surface area (Å²) >= 11 is 5.86. The minimum atomic E-state index is -0.233. The van der Waals surface area contributed by atoms with Gasteiger partial charge < -0.3 is 9.26 Å². The number of hydrogen-bond acceptors (Lipinski definition) is 4. The van der Waals surface area contributed by atoms with Gasteiger partial charge in [0, 0.05) is 0 Å².